The second kappa shape index (κ2) is 7.66. The van der Waals surface area contributed by atoms with E-state index in [0.717, 1.165) is 12.5 Å². The number of benzene rings is 1. The first-order valence-electron chi connectivity index (χ1n) is 7.69. The van der Waals surface area contributed by atoms with E-state index >= 15 is 0 Å². The van der Waals surface area contributed by atoms with E-state index in [0.29, 0.717) is 0 Å². The average Bonchev–Trinajstić information content (AvgIpc) is 2.40. The van der Waals surface area contributed by atoms with Crippen LogP contribution < -0.4 is 5.32 Å². The topological polar surface area (TPSA) is 15.3 Å². The maximum atomic E-state index is 3.44. The Kier molecular flexibility index (Phi) is 5.87. The van der Waals surface area contributed by atoms with Crippen LogP contribution in [0.15, 0.2) is 24.3 Å². The van der Waals surface area contributed by atoms with Crippen LogP contribution in [0.2, 0.25) is 0 Å². The van der Waals surface area contributed by atoms with E-state index in [1.54, 1.807) is 0 Å². The summed E-state index contributed by atoms with van der Waals surface area (Å²) in [5.74, 6) is 0.966. The molecular formula is C17H28N2. The van der Waals surface area contributed by atoms with Crippen LogP contribution in [0.5, 0.6) is 0 Å². The normalized spacial score (nSPS) is 17.0. The van der Waals surface area contributed by atoms with Crippen LogP contribution in [0.3, 0.4) is 0 Å². The Hall–Kier alpha value is -0.860. The highest BCUT2D eigenvalue weighted by atomic mass is 15.1. The molecule has 2 nitrogen and oxygen atoms in total. The molecule has 0 amide bonds. The van der Waals surface area contributed by atoms with Crippen molar-refractivity contribution >= 4 is 0 Å². The van der Waals surface area contributed by atoms with Gasteiger partial charge in [0, 0.05) is 6.54 Å². The Morgan fingerprint density at radius 2 is 2.05 bits per heavy atom. The first kappa shape index (κ1) is 14.5. The minimum Gasteiger partial charge on any atom is -0.317 e. The number of hydrogen-bond acceptors (Lipinski definition) is 2. The molecule has 2 heteroatoms. The summed E-state index contributed by atoms with van der Waals surface area (Å²) < 4.78 is 0. The monoisotopic (exact) mass is 260 g/mol. The summed E-state index contributed by atoms with van der Waals surface area (Å²) in [6.45, 7) is 6.92. The molecule has 1 aliphatic rings. The van der Waals surface area contributed by atoms with Crippen LogP contribution in [-0.2, 0) is 6.54 Å². The molecule has 1 aliphatic heterocycles. The van der Waals surface area contributed by atoms with Crippen LogP contribution in [0, 0.1) is 12.8 Å². The van der Waals surface area contributed by atoms with Crippen molar-refractivity contribution < 1.29 is 0 Å². The molecule has 0 bridgehead atoms. The lowest BCUT2D eigenvalue weighted by molar-refractivity contribution is 0.286. The summed E-state index contributed by atoms with van der Waals surface area (Å²) >= 11 is 0. The van der Waals surface area contributed by atoms with Gasteiger partial charge in [-0.1, -0.05) is 29.8 Å². The lowest BCUT2D eigenvalue weighted by atomic mass is 9.93. The standard InChI is InChI=1S/C17H28N2/c1-15-5-3-6-17(13-15)14-19(2)12-4-7-16-8-10-18-11-9-16/h3,5-6,13,16,18H,4,7-12,14H2,1-2H3. The Morgan fingerprint density at radius 1 is 1.26 bits per heavy atom. The number of nitrogens with one attached hydrogen (secondary N) is 1. The number of rotatable bonds is 6. The number of aryl methyl sites for hydroxylation is 1. The lowest BCUT2D eigenvalue weighted by Gasteiger charge is -2.24. The summed E-state index contributed by atoms with van der Waals surface area (Å²) in [4.78, 5) is 2.45. The Morgan fingerprint density at radius 3 is 2.79 bits per heavy atom. The van der Waals surface area contributed by atoms with E-state index < -0.39 is 0 Å². The zero-order chi connectivity index (χ0) is 13.5. The van der Waals surface area contributed by atoms with E-state index in [1.165, 1.54) is 56.4 Å². The van der Waals surface area contributed by atoms with Gasteiger partial charge in [0.2, 0.25) is 0 Å². The maximum Gasteiger partial charge on any atom is 0.0230 e. The van der Waals surface area contributed by atoms with Gasteiger partial charge in [-0.15, -0.1) is 0 Å². The van der Waals surface area contributed by atoms with Crippen LogP contribution >= 0.6 is 0 Å². The Bertz CT molecular complexity index is 369. The quantitative estimate of drug-likeness (QED) is 0.845. The predicted molar refractivity (Wildman–Crippen MR) is 82.3 cm³/mol. The lowest BCUT2D eigenvalue weighted by Crippen LogP contribution is -2.28. The van der Waals surface area contributed by atoms with Gasteiger partial charge in [0.05, 0.1) is 0 Å². The van der Waals surface area contributed by atoms with E-state index in [4.69, 9.17) is 0 Å². The van der Waals surface area contributed by atoms with Crippen LogP contribution in [-0.4, -0.2) is 31.6 Å². The van der Waals surface area contributed by atoms with Crippen molar-refractivity contribution in [1.82, 2.24) is 10.2 Å². The van der Waals surface area contributed by atoms with Crippen LogP contribution in [0.1, 0.15) is 36.8 Å². The molecule has 0 saturated carbocycles. The van der Waals surface area contributed by atoms with E-state index in [2.05, 4.69) is 48.5 Å². The third kappa shape index (κ3) is 5.33. The highest BCUT2D eigenvalue weighted by Crippen LogP contribution is 2.18. The van der Waals surface area contributed by atoms with Gasteiger partial charge in [-0.05, 0) is 70.8 Å². The third-order valence-electron chi connectivity index (χ3n) is 4.15. The molecule has 1 heterocycles. The molecule has 0 aliphatic carbocycles. The summed E-state index contributed by atoms with van der Waals surface area (Å²) in [5, 5.41) is 3.44. The number of hydrogen-bond donors (Lipinski definition) is 1. The minimum absolute atomic E-state index is 0.966. The van der Waals surface area contributed by atoms with Crippen molar-refractivity contribution in [3.63, 3.8) is 0 Å². The Balaban J connectivity index is 1.65. The van der Waals surface area contributed by atoms with Crippen molar-refractivity contribution in [3.05, 3.63) is 35.4 Å². The maximum absolute atomic E-state index is 3.44. The van der Waals surface area contributed by atoms with Crippen LogP contribution in [0.4, 0.5) is 0 Å². The second-order valence-electron chi connectivity index (χ2n) is 6.06. The summed E-state index contributed by atoms with van der Waals surface area (Å²) in [7, 11) is 2.24. The first-order chi connectivity index (χ1) is 9.24. The van der Waals surface area contributed by atoms with Gasteiger partial charge in [-0.2, -0.15) is 0 Å². The molecule has 0 radical (unpaired) electrons. The summed E-state index contributed by atoms with van der Waals surface area (Å²) in [6.07, 6.45) is 5.50. The fraction of sp³-hybridized carbons (Fsp3) is 0.647. The Labute approximate surface area is 118 Å². The van der Waals surface area contributed by atoms with Crippen molar-refractivity contribution in [3.8, 4) is 0 Å². The number of nitrogens with zero attached hydrogens (tertiary/aromatic N) is 1. The molecule has 0 atom stereocenters. The molecule has 0 unspecified atom stereocenters. The molecule has 1 aromatic carbocycles. The largest absolute Gasteiger partial charge is 0.317 e. The van der Waals surface area contributed by atoms with Gasteiger partial charge in [0.15, 0.2) is 0 Å². The van der Waals surface area contributed by atoms with Crippen molar-refractivity contribution in [2.24, 2.45) is 5.92 Å². The summed E-state index contributed by atoms with van der Waals surface area (Å²) in [5.41, 5.74) is 2.80. The third-order valence-corrected chi connectivity index (χ3v) is 4.15. The predicted octanol–water partition coefficient (Wildman–Crippen LogP) is 3.21. The van der Waals surface area contributed by atoms with Gasteiger partial charge in [0.1, 0.15) is 0 Å². The van der Waals surface area contributed by atoms with E-state index in [1.807, 2.05) is 0 Å². The van der Waals surface area contributed by atoms with Gasteiger partial charge >= 0.3 is 0 Å². The molecule has 1 aromatic rings. The van der Waals surface area contributed by atoms with Crippen LogP contribution in [0.25, 0.3) is 0 Å². The highest BCUT2D eigenvalue weighted by Gasteiger charge is 2.12. The molecule has 0 spiro atoms. The van der Waals surface area contributed by atoms with Crippen molar-refractivity contribution in [2.75, 3.05) is 26.7 Å². The fourth-order valence-electron chi connectivity index (χ4n) is 3.02. The molecule has 1 fully saturated rings. The highest BCUT2D eigenvalue weighted by molar-refractivity contribution is 5.21. The molecule has 0 aromatic heterocycles. The molecule has 1 N–H and O–H groups in total. The summed E-state index contributed by atoms with van der Waals surface area (Å²) in [6, 6.07) is 8.85. The van der Waals surface area contributed by atoms with Gasteiger partial charge in [-0.25, -0.2) is 0 Å². The van der Waals surface area contributed by atoms with Gasteiger partial charge < -0.3 is 10.2 Å². The van der Waals surface area contributed by atoms with Crippen molar-refractivity contribution in [1.29, 1.82) is 0 Å². The molecular weight excluding hydrogens is 232 g/mol. The molecule has 2 rings (SSSR count). The second-order valence-corrected chi connectivity index (χ2v) is 6.06. The molecule has 106 valence electrons. The minimum atomic E-state index is 0.966. The molecule has 1 saturated heterocycles. The van der Waals surface area contributed by atoms with Gasteiger partial charge in [0.25, 0.3) is 0 Å². The van der Waals surface area contributed by atoms with E-state index in [-0.39, 0.29) is 0 Å². The number of piperidine rings is 1. The SMILES string of the molecule is Cc1cccc(CN(C)CCCC2CCNCC2)c1. The zero-order valence-electron chi connectivity index (χ0n) is 12.5. The van der Waals surface area contributed by atoms with E-state index in [9.17, 15) is 0 Å². The smallest absolute Gasteiger partial charge is 0.0230 e. The fourth-order valence-corrected chi connectivity index (χ4v) is 3.02. The first-order valence-corrected chi connectivity index (χ1v) is 7.69. The molecule has 19 heavy (non-hydrogen) atoms. The van der Waals surface area contributed by atoms with Crippen molar-refractivity contribution in [2.45, 2.75) is 39.2 Å². The average molecular weight is 260 g/mol. The zero-order valence-corrected chi connectivity index (χ0v) is 12.5. The van der Waals surface area contributed by atoms with Gasteiger partial charge in [-0.3, -0.25) is 0 Å².